The van der Waals surface area contributed by atoms with Crippen LogP contribution in [-0.2, 0) is 0 Å². The molecule has 4 aromatic rings. The van der Waals surface area contributed by atoms with Gasteiger partial charge >= 0.3 is 11.9 Å². The molecule has 36 heavy (non-hydrogen) atoms. The Hall–Kier alpha value is -4.91. The molecule has 0 bridgehead atoms. The fourth-order valence-corrected chi connectivity index (χ4v) is 2.94. The van der Waals surface area contributed by atoms with Gasteiger partial charge in [-0.3, -0.25) is 4.98 Å². The lowest BCUT2D eigenvalue weighted by atomic mass is 10.2. The van der Waals surface area contributed by atoms with Crippen LogP contribution in [0.1, 0.15) is 31.8 Å². The smallest absolute Gasteiger partial charge is 0.335 e. The molecular formula is C29H25NO6. The lowest BCUT2D eigenvalue weighted by Gasteiger charge is -2.08. The Morgan fingerprint density at radius 3 is 1.44 bits per heavy atom. The first kappa shape index (κ1) is 25.7. The maximum absolute atomic E-state index is 10.7. The van der Waals surface area contributed by atoms with Gasteiger partial charge in [-0.25, -0.2) is 9.59 Å². The van der Waals surface area contributed by atoms with E-state index < -0.39 is 11.9 Å². The fourth-order valence-electron chi connectivity index (χ4n) is 2.94. The standard InChI is InChI=1S/C16H14O6.C13H11N/c17-15(18)11-1-5-13(6-2-11)21-9-10-22-14-7-3-12(4-8-14)16(19)20;1-2-4-12(5-3-1)6-7-13-8-10-14-11-9-13/h1-8H,9-10H2,(H,17,18)(H,19,20);1-11H. The summed E-state index contributed by atoms with van der Waals surface area (Å²) in [5.41, 5.74) is 2.78. The Balaban J connectivity index is 0.000000221. The van der Waals surface area contributed by atoms with Crippen LogP contribution in [0.3, 0.4) is 0 Å². The number of pyridine rings is 1. The van der Waals surface area contributed by atoms with Crippen molar-refractivity contribution in [2.75, 3.05) is 13.2 Å². The second-order valence-corrected chi connectivity index (χ2v) is 7.38. The van der Waals surface area contributed by atoms with E-state index in [0.717, 1.165) is 0 Å². The van der Waals surface area contributed by atoms with E-state index in [1.54, 1.807) is 36.7 Å². The molecule has 0 spiro atoms. The van der Waals surface area contributed by atoms with Crippen LogP contribution in [0.25, 0.3) is 12.2 Å². The summed E-state index contributed by atoms with van der Waals surface area (Å²) in [6.45, 7) is 0.570. The molecule has 0 atom stereocenters. The molecule has 1 heterocycles. The van der Waals surface area contributed by atoms with Crippen LogP contribution in [0.4, 0.5) is 0 Å². The third-order valence-electron chi connectivity index (χ3n) is 4.80. The Labute approximate surface area is 208 Å². The van der Waals surface area contributed by atoms with Crippen LogP contribution in [-0.4, -0.2) is 40.3 Å². The van der Waals surface area contributed by atoms with E-state index in [9.17, 15) is 9.59 Å². The fraction of sp³-hybridized carbons (Fsp3) is 0.0690. The molecule has 0 amide bonds. The zero-order valence-electron chi connectivity index (χ0n) is 19.4. The number of aromatic carboxylic acids is 2. The molecule has 0 aliphatic rings. The lowest BCUT2D eigenvalue weighted by Crippen LogP contribution is -2.09. The topological polar surface area (TPSA) is 106 Å². The van der Waals surface area contributed by atoms with Crippen molar-refractivity contribution in [1.82, 2.24) is 4.98 Å². The zero-order chi connectivity index (χ0) is 25.6. The van der Waals surface area contributed by atoms with Crippen molar-refractivity contribution in [2.45, 2.75) is 0 Å². The van der Waals surface area contributed by atoms with Gasteiger partial charge in [0.2, 0.25) is 0 Å². The van der Waals surface area contributed by atoms with E-state index in [1.165, 1.54) is 35.4 Å². The Bertz CT molecular complexity index is 1150. The number of benzene rings is 3. The molecule has 3 aromatic carbocycles. The number of aromatic nitrogens is 1. The van der Waals surface area contributed by atoms with E-state index in [0.29, 0.717) is 11.5 Å². The lowest BCUT2D eigenvalue weighted by molar-refractivity contribution is 0.0686. The third kappa shape index (κ3) is 8.79. The highest BCUT2D eigenvalue weighted by atomic mass is 16.5. The first-order valence-corrected chi connectivity index (χ1v) is 11.1. The number of carbonyl (C=O) groups is 2. The molecule has 0 aliphatic carbocycles. The number of hydrogen-bond acceptors (Lipinski definition) is 5. The van der Waals surface area contributed by atoms with Crippen molar-refractivity contribution in [3.63, 3.8) is 0 Å². The third-order valence-corrected chi connectivity index (χ3v) is 4.80. The molecule has 0 saturated carbocycles. The van der Waals surface area contributed by atoms with Gasteiger partial charge in [0, 0.05) is 12.4 Å². The summed E-state index contributed by atoms with van der Waals surface area (Å²) < 4.78 is 10.8. The number of ether oxygens (including phenoxy) is 2. The van der Waals surface area contributed by atoms with Crippen LogP contribution < -0.4 is 9.47 Å². The van der Waals surface area contributed by atoms with Crippen LogP contribution in [0.5, 0.6) is 11.5 Å². The summed E-state index contributed by atoms with van der Waals surface area (Å²) in [5, 5.41) is 17.5. The molecule has 1 aromatic heterocycles. The molecule has 0 aliphatic heterocycles. The second kappa shape index (κ2) is 13.7. The first-order chi connectivity index (χ1) is 17.5. The first-order valence-electron chi connectivity index (χ1n) is 11.1. The molecule has 182 valence electrons. The average Bonchev–Trinajstić information content (AvgIpc) is 2.92. The normalized spacial score (nSPS) is 10.2. The van der Waals surface area contributed by atoms with Gasteiger partial charge in [-0.1, -0.05) is 42.5 Å². The molecule has 0 fully saturated rings. The summed E-state index contributed by atoms with van der Waals surface area (Å²) in [6, 6.07) is 26.4. The van der Waals surface area contributed by atoms with Crippen molar-refractivity contribution >= 4 is 24.1 Å². The largest absolute Gasteiger partial charge is 0.490 e. The predicted octanol–water partition coefficient (Wildman–Crippen LogP) is 5.79. The van der Waals surface area contributed by atoms with Gasteiger partial charge in [0.15, 0.2) is 0 Å². The van der Waals surface area contributed by atoms with E-state index in [-0.39, 0.29) is 24.3 Å². The van der Waals surface area contributed by atoms with Crippen molar-refractivity contribution in [2.24, 2.45) is 0 Å². The Kier molecular flexibility index (Phi) is 9.79. The quantitative estimate of drug-likeness (QED) is 0.290. The molecule has 4 rings (SSSR count). The molecule has 0 saturated heterocycles. The maximum atomic E-state index is 10.7. The Morgan fingerprint density at radius 2 is 1.03 bits per heavy atom. The van der Waals surface area contributed by atoms with Gasteiger partial charge in [-0.2, -0.15) is 0 Å². The van der Waals surface area contributed by atoms with Crippen LogP contribution >= 0.6 is 0 Å². The summed E-state index contributed by atoms with van der Waals surface area (Å²) in [5.74, 6) is -0.871. The zero-order valence-corrected chi connectivity index (χ0v) is 19.4. The van der Waals surface area contributed by atoms with Crippen molar-refractivity contribution in [3.05, 3.63) is 126 Å². The van der Waals surface area contributed by atoms with E-state index in [2.05, 4.69) is 29.3 Å². The Morgan fingerprint density at radius 1 is 0.611 bits per heavy atom. The van der Waals surface area contributed by atoms with Crippen molar-refractivity contribution in [1.29, 1.82) is 0 Å². The van der Waals surface area contributed by atoms with Gasteiger partial charge in [-0.05, 0) is 71.8 Å². The minimum Gasteiger partial charge on any atom is -0.490 e. The molecule has 0 unspecified atom stereocenters. The predicted molar refractivity (Wildman–Crippen MR) is 137 cm³/mol. The van der Waals surface area contributed by atoms with Gasteiger partial charge in [0.05, 0.1) is 11.1 Å². The van der Waals surface area contributed by atoms with Gasteiger partial charge in [0.25, 0.3) is 0 Å². The summed E-state index contributed by atoms with van der Waals surface area (Å²) in [6.07, 6.45) is 7.77. The minimum atomic E-state index is -0.986. The van der Waals surface area contributed by atoms with Gasteiger partial charge in [-0.15, -0.1) is 0 Å². The van der Waals surface area contributed by atoms with Crippen LogP contribution in [0, 0.1) is 0 Å². The highest BCUT2D eigenvalue weighted by Crippen LogP contribution is 2.14. The molecule has 7 heteroatoms. The number of carboxylic acids is 2. The number of nitrogens with zero attached hydrogens (tertiary/aromatic N) is 1. The molecular weight excluding hydrogens is 458 g/mol. The van der Waals surface area contributed by atoms with Crippen molar-refractivity contribution < 1.29 is 29.3 Å². The average molecular weight is 484 g/mol. The maximum Gasteiger partial charge on any atom is 0.335 e. The van der Waals surface area contributed by atoms with Crippen LogP contribution in [0.2, 0.25) is 0 Å². The molecule has 2 N–H and O–H groups in total. The second-order valence-electron chi connectivity index (χ2n) is 7.38. The number of carboxylic acid groups (broad SMARTS) is 2. The van der Waals surface area contributed by atoms with Gasteiger partial charge < -0.3 is 19.7 Å². The summed E-state index contributed by atoms with van der Waals surface area (Å²) in [4.78, 5) is 25.4. The monoisotopic (exact) mass is 483 g/mol. The minimum absolute atomic E-state index is 0.196. The summed E-state index contributed by atoms with van der Waals surface area (Å²) in [7, 11) is 0. The number of hydrogen-bond donors (Lipinski definition) is 2. The van der Waals surface area contributed by atoms with Crippen LogP contribution in [0.15, 0.2) is 103 Å². The van der Waals surface area contributed by atoms with Crippen molar-refractivity contribution in [3.8, 4) is 11.5 Å². The number of rotatable bonds is 9. The van der Waals surface area contributed by atoms with E-state index in [1.807, 2.05) is 30.3 Å². The molecule has 0 radical (unpaired) electrons. The molecule has 7 nitrogen and oxygen atoms in total. The van der Waals surface area contributed by atoms with Gasteiger partial charge in [0.1, 0.15) is 24.7 Å². The summed E-state index contributed by atoms with van der Waals surface area (Å²) >= 11 is 0. The van der Waals surface area contributed by atoms with E-state index in [4.69, 9.17) is 19.7 Å². The highest BCUT2D eigenvalue weighted by molar-refractivity contribution is 5.88. The van der Waals surface area contributed by atoms with E-state index >= 15 is 0 Å². The SMILES string of the molecule is C(=Cc1ccncc1)c1ccccc1.O=C(O)c1ccc(OCCOc2ccc(C(=O)O)cc2)cc1. The highest BCUT2D eigenvalue weighted by Gasteiger charge is 2.03.